The summed E-state index contributed by atoms with van der Waals surface area (Å²) in [4.78, 5) is 28.0. The molecule has 0 atom stereocenters. The van der Waals surface area contributed by atoms with Crippen molar-refractivity contribution in [3.05, 3.63) is 99.2 Å². The SMILES string of the molecule is COc1ccc(C2=C(Nc3ccc(C)c(Cl)c3)C(=O)N(Cc3ccccc3Cl)C2=O)cc1. The molecule has 162 valence electrons. The molecule has 1 aliphatic heterocycles. The van der Waals surface area contributed by atoms with E-state index in [9.17, 15) is 9.59 Å². The number of nitrogens with zero attached hydrogens (tertiary/aromatic N) is 1. The van der Waals surface area contributed by atoms with Gasteiger partial charge in [0.2, 0.25) is 0 Å². The fourth-order valence-electron chi connectivity index (χ4n) is 3.47. The maximum absolute atomic E-state index is 13.4. The van der Waals surface area contributed by atoms with E-state index in [1.54, 1.807) is 55.6 Å². The first-order chi connectivity index (χ1) is 15.4. The fraction of sp³-hybridized carbons (Fsp3) is 0.120. The van der Waals surface area contributed by atoms with E-state index in [1.807, 2.05) is 25.1 Å². The minimum absolute atomic E-state index is 0.0663. The van der Waals surface area contributed by atoms with E-state index < -0.39 is 11.8 Å². The molecule has 3 aromatic carbocycles. The topological polar surface area (TPSA) is 58.6 Å². The van der Waals surface area contributed by atoms with Gasteiger partial charge in [-0.25, -0.2) is 0 Å². The summed E-state index contributed by atoms with van der Waals surface area (Å²) < 4.78 is 5.22. The fourth-order valence-corrected chi connectivity index (χ4v) is 3.85. The van der Waals surface area contributed by atoms with E-state index in [2.05, 4.69) is 5.32 Å². The summed E-state index contributed by atoms with van der Waals surface area (Å²) >= 11 is 12.5. The number of hydrogen-bond donors (Lipinski definition) is 1. The zero-order valence-electron chi connectivity index (χ0n) is 17.5. The standard InChI is InChI=1S/C25H20Cl2N2O3/c1-15-7-10-18(13-21(15)27)28-23-22(16-8-11-19(32-2)12-9-16)24(30)29(25(23)31)14-17-5-3-4-6-20(17)26/h3-13,28H,14H2,1-2H3. The molecule has 0 radical (unpaired) electrons. The summed E-state index contributed by atoms with van der Waals surface area (Å²) in [5, 5.41) is 4.17. The molecule has 3 aromatic rings. The Kier molecular flexibility index (Phi) is 6.21. The Hall–Kier alpha value is -3.28. The van der Waals surface area contributed by atoms with Crippen LogP contribution in [0.15, 0.2) is 72.4 Å². The average Bonchev–Trinajstić information content (AvgIpc) is 3.02. The third-order valence-corrected chi connectivity index (χ3v) is 6.05. The van der Waals surface area contributed by atoms with Gasteiger partial charge in [0.25, 0.3) is 11.8 Å². The normalized spacial score (nSPS) is 13.7. The van der Waals surface area contributed by atoms with Crippen LogP contribution in [0.5, 0.6) is 5.75 Å². The number of aryl methyl sites for hydroxylation is 1. The van der Waals surface area contributed by atoms with Crippen molar-refractivity contribution in [3.8, 4) is 5.75 Å². The Labute approximate surface area is 196 Å². The first-order valence-corrected chi connectivity index (χ1v) is 10.7. The molecule has 0 saturated carbocycles. The predicted molar refractivity (Wildman–Crippen MR) is 127 cm³/mol. The number of carbonyl (C=O) groups excluding carboxylic acids is 2. The molecule has 1 N–H and O–H groups in total. The van der Waals surface area contributed by atoms with Gasteiger partial charge in [0.05, 0.1) is 19.2 Å². The van der Waals surface area contributed by atoms with Crippen molar-refractivity contribution < 1.29 is 14.3 Å². The molecule has 0 aliphatic carbocycles. The number of imide groups is 1. The quantitative estimate of drug-likeness (QED) is 0.473. The number of benzene rings is 3. The summed E-state index contributed by atoms with van der Waals surface area (Å²) in [6.07, 6.45) is 0. The third kappa shape index (κ3) is 4.22. The number of nitrogens with one attached hydrogen (secondary N) is 1. The summed E-state index contributed by atoms with van der Waals surface area (Å²) in [7, 11) is 1.57. The zero-order chi connectivity index (χ0) is 22.8. The van der Waals surface area contributed by atoms with Crippen LogP contribution in [0.2, 0.25) is 10.0 Å². The number of ether oxygens (including phenoxy) is 1. The second-order valence-corrected chi connectivity index (χ2v) is 8.17. The van der Waals surface area contributed by atoms with E-state index in [-0.39, 0.29) is 17.8 Å². The van der Waals surface area contributed by atoms with Crippen LogP contribution < -0.4 is 10.1 Å². The molecular formula is C25H20Cl2N2O3. The van der Waals surface area contributed by atoms with Gasteiger partial charge < -0.3 is 10.1 Å². The Morgan fingerprint density at radius 2 is 1.62 bits per heavy atom. The van der Waals surface area contributed by atoms with E-state index in [4.69, 9.17) is 27.9 Å². The number of hydrogen-bond acceptors (Lipinski definition) is 4. The van der Waals surface area contributed by atoms with Gasteiger partial charge >= 0.3 is 0 Å². The summed E-state index contributed by atoms with van der Waals surface area (Å²) in [5.41, 5.74) is 3.28. The lowest BCUT2D eigenvalue weighted by atomic mass is 10.0. The predicted octanol–water partition coefficient (Wildman–Crippen LogP) is 5.70. The van der Waals surface area contributed by atoms with Gasteiger partial charge in [-0.1, -0.05) is 59.6 Å². The lowest BCUT2D eigenvalue weighted by Crippen LogP contribution is -2.32. The van der Waals surface area contributed by atoms with Gasteiger partial charge in [-0.2, -0.15) is 0 Å². The Bertz CT molecular complexity index is 1240. The molecule has 1 aliphatic rings. The Balaban J connectivity index is 1.76. The highest BCUT2D eigenvalue weighted by Crippen LogP contribution is 2.33. The molecule has 0 spiro atoms. The minimum Gasteiger partial charge on any atom is -0.497 e. The van der Waals surface area contributed by atoms with Crippen molar-refractivity contribution in [1.29, 1.82) is 0 Å². The number of amides is 2. The summed E-state index contributed by atoms with van der Waals surface area (Å²) in [6, 6.07) is 19.5. The Morgan fingerprint density at radius 1 is 0.906 bits per heavy atom. The van der Waals surface area contributed by atoms with Crippen molar-refractivity contribution in [2.24, 2.45) is 0 Å². The number of halogens is 2. The van der Waals surface area contributed by atoms with E-state index in [0.717, 1.165) is 5.56 Å². The molecule has 0 fully saturated rings. The second-order valence-electron chi connectivity index (χ2n) is 7.36. The van der Waals surface area contributed by atoms with Gasteiger partial charge in [0.15, 0.2) is 0 Å². The maximum Gasteiger partial charge on any atom is 0.278 e. The molecule has 5 nitrogen and oxygen atoms in total. The van der Waals surface area contributed by atoms with Crippen LogP contribution in [0.3, 0.4) is 0 Å². The van der Waals surface area contributed by atoms with Crippen LogP contribution in [0.1, 0.15) is 16.7 Å². The van der Waals surface area contributed by atoms with Gasteiger partial charge in [0, 0.05) is 15.7 Å². The van der Waals surface area contributed by atoms with Gasteiger partial charge in [-0.3, -0.25) is 14.5 Å². The van der Waals surface area contributed by atoms with Crippen LogP contribution in [-0.2, 0) is 16.1 Å². The molecule has 0 aromatic heterocycles. The average molecular weight is 467 g/mol. The smallest absolute Gasteiger partial charge is 0.278 e. The van der Waals surface area contributed by atoms with Crippen LogP contribution in [0.4, 0.5) is 5.69 Å². The highest BCUT2D eigenvalue weighted by atomic mass is 35.5. The first kappa shape index (κ1) is 21.9. The van der Waals surface area contributed by atoms with Crippen molar-refractivity contribution in [2.75, 3.05) is 12.4 Å². The van der Waals surface area contributed by atoms with Gasteiger partial charge in [-0.05, 0) is 53.9 Å². The van der Waals surface area contributed by atoms with E-state index >= 15 is 0 Å². The molecule has 4 rings (SSSR count). The number of methoxy groups -OCH3 is 1. The van der Waals surface area contributed by atoms with Crippen molar-refractivity contribution in [1.82, 2.24) is 4.90 Å². The monoisotopic (exact) mass is 466 g/mol. The highest BCUT2D eigenvalue weighted by Gasteiger charge is 2.39. The molecule has 0 unspecified atom stereocenters. The lowest BCUT2D eigenvalue weighted by Gasteiger charge is -2.16. The number of anilines is 1. The molecule has 0 saturated heterocycles. The van der Waals surface area contributed by atoms with Gasteiger partial charge in [0.1, 0.15) is 11.4 Å². The molecular weight excluding hydrogens is 447 g/mol. The van der Waals surface area contributed by atoms with Crippen molar-refractivity contribution >= 4 is 46.3 Å². The van der Waals surface area contributed by atoms with Crippen molar-refractivity contribution in [3.63, 3.8) is 0 Å². The van der Waals surface area contributed by atoms with Gasteiger partial charge in [-0.15, -0.1) is 0 Å². The summed E-state index contributed by atoms with van der Waals surface area (Å²) in [5.74, 6) is -0.183. The first-order valence-electron chi connectivity index (χ1n) is 9.90. The molecule has 2 amide bonds. The maximum atomic E-state index is 13.4. The van der Waals surface area contributed by atoms with Crippen molar-refractivity contribution in [2.45, 2.75) is 13.5 Å². The molecule has 32 heavy (non-hydrogen) atoms. The minimum atomic E-state index is -0.433. The highest BCUT2D eigenvalue weighted by molar-refractivity contribution is 6.37. The zero-order valence-corrected chi connectivity index (χ0v) is 19.0. The third-order valence-electron chi connectivity index (χ3n) is 5.27. The van der Waals surface area contributed by atoms with E-state index in [1.165, 1.54) is 4.90 Å². The van der Waals surface area contributed by atoms with Crippen LogP contribution >= 0.6 is 23.2 Å². The number of carbonyl (C=O) groups is 2. The van der Waals surface area contributed by atoms with Crippen LogP contribution in [-0.4, -0.2) is 23.8 Å². The summed E-state index contributed by atoms with van der Waals surface area (Å²) in [6.45, 7) is 1.96. The number of rotatable bonds is 6. The Morgan fingerprint density at radius 3 is 2.28 bits per heavy atom. The van der Waals surface area contributed by atoms with Crippen LogP contribution in [0.25, 0.3) is 5.57 Å². The lowest BCUT2D eigenvalue weighted by molar-refractivity contribution is -0.137. The largest absolute Gasteiger partial charge is 0.497 e. The molecule has 1 heterocycles. The second kappa shape index (κ2) is 9.07. The molecule has 7 heteroatoms. The molecule has 0 bridgehead atoms. The van der Waals surface area contributed by atoms with E-state index in [0.29, 0.717) is 32.6 Å². The van der Waals surface area contributed by atoms with Crippen LogP contribution in [0, 0.1) is 6.92 Å².